The van der Waals surface area contributed by atoms with E-state index in [0.29, 0.717) is 5.92 Å². The van der Waals surface area contributed by atoms with E-state index in [2.05, 4.69) is 116 Å². The van der Waals surface area contributed by atoms with Crippen LogP contribution in [-0.2, 0) is 5.54 Å². The Morgan fingerprint density at radius 1 is 0.767 bits per heavy atom. The van der Waals surface area contributed by atoms with Crippen LogP contribution in [0.2, 0.25) is 0 Å². The van der Waals surface area contributed by atoms with Gasteiger partial charge < -0.3 is 10.3 Å². The monoisotopic (exact) mass is 395 g/mol. The summed E-state index contributed by atoms with van der Waals surface area (Å²) in [6.45, 7) is 4.39. The molecule has 1 aromatic heterocycles. The summed E-state index contributed by atoms with van der Waals surface area (Å²) in [6, 6.07) is 31.8. The van der Waals surface area contributed by atoms with Crippen molar-refractivity contribution in [2.75, 3.05) is 0 Å². The van der Waals surface area contributed by atoms with Gasteiger partial charge in [-0.05, 0) is 29.0 Å². The molecule has 0 bridgehead atoms. The van der Waals surface area contributed by atoms with Gasteiger partial charge in [0.25, 0.3) is 0 Å². The Labute approximate surface area is 179 Å². The first-order valence-corrected chi connectivity index (χ1v) is 10.6. The van der Waals surface area contributed by atoms with Crippen LogP contribution in [0.5, 0.6) is 0 Å². The van der Waals surface area contributed by atoms with Gasteiger partial charge in [-0.25, -0.2) is 4.98 Å². The molecule has 1 heterocycles. The fraction of sp³-hybridized carbons (Fsp3) is 0.222. The van der Waals surface area contributed by atoms with Crippen LogP contribution in [0.1, 0.15) is 48.7 Å². The average molecular weight is 396 g/mol. The zero-order chi connectivity index (χ0) is 21.0. The van der Waals surface area contributed by atoms with Crippen LogP contribution in [0.3, 0.4) is 0 Å². The van der Waals surface area contributed by atoms with E-state index < -0.39 is 5.54 Å². The largest absolute Gasteiger partial charge is 0.323 e. The summed E-state index contributed by atoms with van der Waals surface area (Å²) in [5, 5.41) is 0. The number of benzene rings is 3. The van der Waals surface area contributed by atoms with Crippen molar-refractivity contribution in [3.8, 4) is 0 Å². The third kappa shape index (κ3) is 3.69. The lowest BCUT2D eigenvalue weighted by Gasteiger charge is -2.37. The molecule has 0 saturated heterocycles. The second-order valence-electron chi connectivity index (χ2n) is 8.25. The quantitative estimate of drug-likeness (QED) is 0.404. The molecule has 4 aromatic rings. The van der Waals surface area contributed by atoms with E-state index >= 15 is 0 Å². The van der Waals surface area contributed by atoms with Crippen LogP contribution >= 0.6 is 0 Å². The van der Waals surface area contributed by atoms with E-state index in [0.717, 1.165) is 12.1 Å². The lowest BCUT2D eigenvalue weighted by molar-refractivity contribution is 0.497. The maximum atomic E-state index is 6.49. The Hall–Kier alpha value is -3.17. The van der Waals surface area contributed by atoms with E-state index in [1.807, 2.05) is 6.33 Å². The molecule has 3 heteroatoms. The average Bonchev–Trinajstić information content (AvgIpc) is 3.27. The van der Waals surface area contributed by atoms with Gasteiger partial charge in [0.1, 0.15) is 5.54 Å². The van der Waals surface area contributed by atoms with Crippen molar-refractivity contribution >= 4 is 0 Å². The molecule has 0 spiro atoms. The highest BCUT2D eigenvalue weighted by Crippen LogP contribution is 2.41. The van der Waals surface area contributed by atoms with E-state index in [9.17, 15) is 0 Å². The molecule has 0 aliphatic heterocycles. The van der Waals surface area contributed by atoms with Crippen LogP contribution in [0.4, 0.5) is 0 Å². The summed E-state index contributed by atoms with van der Waals surface area (Å²) >= 11 is 0. The van der Waals surface area contributed by atoms with Gasteiger partial charge in [-0.1, -0.05) is 105 Å². The van der Waals surface area contributed by atoms with Gasteiger partial charge in [0.15, 0.2) is 0 Å². The van der Waals surface area contributed by atoms with E-state index in [1.54, 1.807) is 0 Å². The molecule has 4 rings (SSSR count). The molecule has 1 atom stereocenters. The van der Waals surface area contributed by atoms with Gasteiger partial charge in [0.05, 0.1) is 12.0 Å². The molecule has 1 unspecified atom stereocenters. The molecular formula is C27H29N3. The summed E-state index contributed by atoms with van der Waals surface area (Å²) in [4.78, 5) is 4.75. The number of rotatable bonds is 7. The normalized spacial score (nSPS) is 12.8. The number of hydrogen-bond donors (Lipinski definition) is 1. The first-order chi connectivity index (χ1) is 14.6. The fourth-order valence-electron chi connectivity index (χ4n) is 4.33. The van der Waals surface area contributed by atoms with Crippen molar-refractivity contribution in [3.63, 3.8) is 0 Å². The zero-order valence-corrected chi connectivity index (χ0v) is 17.6. The summed E-state index contributed by atoms with van der Waals surface area (Å²) in [5.74, 6) is 0.521. The molecule has 152 valence electrons. The minimum Gasteiger partial charge on any atom is -0.323 e. The highest BCUT2D eigenvalue weighted by atomic mass is 15.1. The van der Waals surface area contributed by atoms with Crippen LogP contribution in [0.15, 0.2) is 104 Å². The van der Waals surface area contributed by atoms with Crippen molar-refractivity contribution in [1.82, 2.24) is 9.55 Å². The van der Waals surface area contributed by atoms with Gasteiger partial charge in [-0.3, -0.25) is 0 Å². The number of nitrogens with zero attached hydrogens (tertiary/aromatic N) is 2. The van der Waals surface area contributed by atoms with Crippen LogP contribution < -0.4 is 5.73 Å². The smallest absolute Gasteiger partial charge is 0.121 e. The Morgan fingerprint density at radius 2 is 1.20 bits per heavy atom. The van der Waals surface area contributed by atoms with Crippen molar-refractivity contribution < 1.29 is 0 Å². The van der Waals surface area contributed by atoms with E-state index in [4.69, 9.17) is 10.7 Å². The SMILES string of the molecule is CC(C)CC(N)c1cn(C(c2ccccc2)(c2ccccc2)c2ccccc2)cn1. The Kier molecular flexibility index (Phi) is 5.82. The maximum Gasteiger partial charge on any atom is 0.121 e. The van der Waals surface area contributed by atoms with Crippen molar-refractivity contribution in [2.24, 2.45) is 11.7 Å². The highest BCUT2D eigenvalue weighted by molar-refractivity contribution is 5.50. The number of aromatic nitrogens is 2. The summed E-state index contributed by atoms with van der Waals surface area (Å²) in [6.07, 6.45) is 4.97. The molecule has 0 fully saturated rings. The Morgan fingerprint density at radius 3 is 1.60 bits per heavy atom. The maximum absolute atomic E-state index is 6.49. The lowest BCUT2D eigenvalue weighted by Crippen LogP contribution is -2.37. The molecule has 2 N–H and O–H groups in total. The first-order valence-electron chi connectivity index (χ1n) is 10.6. The molecule has 0 saturated carbocycles. The van der Waals surface area contributed by atoms with E-state index in [-0.39, 0.29) is 6.04 Å². The third-order valence-corrected chi connectivity index (χ3v) is 5.67. The van der Waals surface area contributed by atoms with Gasteiger partial charge >= 0.3 is 0 Å². The summed E-state index contributed by atoms with van der Waals surface area (Å²) in [7, 11) is 0. The van der Waals surface area contributed by atoms with Gasteiger partial charge in [-0.2, -0.15) is 0 Å². The van der Waals surface area contributed by atoms with Crippen molar-refractivity contribution in [3.05, 3.63) is 126 Å². The Bertz CT molecular complexity index is 956. The standard InChI is InChI=1S/C27H29N3/c1-21(2)18-25(28)26-19-30(20-29-26)27(22-12-6-3-7-13-22,23-14-8-4-9-15-23)24-16-10-5-11-17-24/h3-17,19-21,25H,18,28H2,1-2H3. The third-order valence-electron chi connectivity index (χ3n) is 5.67. The lowest BCUT2D eigenvalue weighted by atomic mass is 9.77. The molecule has 3 aromatic carbocycles. The fourth-order valence-corrected chi connectivity index (χ4v) is 4.33. The predicted octanol–water partition coefficient (Wildman–Crippen LogP) is 5.77. The minimum atomic E-state index is -0.535. The Balaban J connectivity index is 1.98. The molecule has 3 nitrogen and oxygen atoms in total. The minimum absolute atomic E-state index is 0.0775. The molecule has 0 aliphatic rings. The van der Waals surface area contributed by atoms with E-state index in [1.165, 1.54) is 16.7 Å². The molecular weight excluding hydrogens is 366 g/mol. The summed E-state index contributed by atoms with van der Waals surface area (Å²) in [5.41, 5.74) is 10.4. The van der Waals surface area contributed by atoms with Crippen molar-refractivity contribution in [2.45, 2.75) is 31.8 Å². The number of imidazole rings is 1. The second kappa shape index (κ2) is 8.68. The van der Waals surface area contributed by atoms with Gasteiger partial charge in [0.2, 0.25) is 0 Å². The highest BCUT2D eigenvalue weighted by Gasteiger charge is 2.38. The zero-order valence-electron chi connectivity index (χ0n) is 17.6. The van der Waals surface area contributed by atoms with Crippen LogP contribution in [0.25, 0.3) is 0 Å². The topological polar surface area (TPSA) is 43.8 Å². The summed E-state index contributed by atoms with van der Waals surface area (Å²) < 4.78 is 2.22. The van der Waals surface area contributed by atoms with Crippen molar-refractivity contribution in [1.29, 1.82) is 0 Å². The second-order valence-corrected chi connectivity index (χ2v) is 8.25. The predicted molar refractivity (Wildman–Crippen MR) is 123 cm³/mol. The molecule has 0 radical (unpaired) electrons. The van der Waals surface area contributed by atoms with Gasteiger partial charge in [-0.15, -0.1) is 0 Å². The molecule has 30 heavy (non-hydrogen) atoms. The molecule has 0 aliphatic carbocycles. The van der Waals surface area contributed by atoms with Gasteiger partial charge in [0, 0.05) is 12.2 Å². The van der Waals surface area contributed by atoms with Crippen LogP contribution in [-0.4, -0.2) is 9.55 Å². The number of nitrogens with two attached hydrogens (primary N) is 1. The first kappa shape index (κ1) is 20.1. The number of hydrogen-bond acceptors (Lipinski definition) is 2. The van der Waals surface area contributed by atoms with Crippen LogP contribution in [0, 0.1) is 5.92 Å². The molecule has 0 amide bonds.